The first-order chi connectivity index (χ1) is 12.7. The van der Waals surface area contributed by atoms with Crippen LogP contribution in [0.4, 0.5) is 0 Å². The Labute approximate surface area is 161 Å². The van der Waals surface area contributed by atoms with Crippen LogP contribution in [0.3, 0.4) is 0 Å². The lowest BCUT2D eigenvalue weighted by molar-refractivity contribution is 0.354. The fourth-order valence-corrected chi connectivity index (χ4v) is 2.98. The van der Waals surface area contributed by atoms with Crippen molar-refractivity contribution < 1.29 is 9.47 Å². The summed E-state index contributed by atoms with van der Waals surface area (Å²) < 4.78 is 10.6. The Morgan fingerprint density at radius 3 is 2.58 bits per heavy atom. The predicted octanol–water partition coefficient (Wildman–Crippen LogP) is 3.08. The van der Waals surface area contributed by atoms with Gasteiger partial charge < -0.3 is 19.7 Å². The molecule has 140 valence electrons. The highest BCUT2D eigenvalue weighted by molar-refractivity contribution is 7.80. The molecule has 0 saturated carbocycles. The number of thiocarbonyl (C=S) groups is 1. The summed E-state index contributed by atoms with van der Waals surface area (Å²) >= 11 is 5.54. The van der Waals surface area contributed by atoms with Gasteiger partial charge in [0.05, 0.1) is 14.2 Å². The van der Waals surface area contributed by atoms with Gasteiger partial charge in [-0.3, -0.25) is 4.98 Å². The second-order valence-corrected chi connectivity index (χ2v) is 6.21. The van der Waals surface area contributed by atoms with Crippen molar-refractivity contribution >= 4 is 17.3 Å². The maximum atomic E-state index is 5.54. The fraction of sp³-hybridized carbons (Fsp3) is 0.400. The fourth-order valence-electron chi connectivity index (χ4n) is 2.66. The van der Waals surface area contributed by atoms with Crippen molar-refractivity contribution in [3.05, 3.63) is 53.9 Å². The molecule has 2 rings (SSSR count). The Morgan fingerprint density at radius 1 is 1.12 bits per heavy atom. The third-order valence-corrected chi connectivity index (χ3v) is 4.57. The molecule has 0 unspecified atom stereocenters. The van der Waals surface area contributed by atoms with Crippen LogP contribution >= 0.6 is 12.2 Å². The lowest BCUT2D eigenvalue weighted by atomic mass is 10.1. The minimum absolute atomic E-state index is 0.742. The van der Waals surface area contributed by atoms with Crippen LogP contribution in [0.1, 0.15) is 18.2 Å². The first kappa shape index (κ1) is 20.0. The number of methoxy groups -OCH3 is 2. The largest absolute Gasteiger partial charge is 0.493 e. The van der Waals surface area contributed by atoms with Gasteiger partial charge >= 0.3 is 0 Å². The molecule has 0 spiro atoms. The molecule has 1 aromatic heterocycles. The van der Waals surface area contributed by atoms with Gasteiger partial charge in [-0.25, -0.2) is 0 Å². The van der Waals surface area contributed by atoms with E-state index in [0.717, 1.165) is 54.8 Å². The van der Waals surface area contributed by atoms with Crippen LogP contribution in [-0.4, -0.2) is 48.9 Å². The van der Waals surface area contributed by atoms with Gasteiger partial charge in [0.15, 0.2) is 16.6 Å². The van der Waals surface area contributed by atoms with Crippen LogP contribution in [0.2, 0.25) is 0 Å². The summed E-state index contributed by atoms with van der Waals surface area (Å²) in [5.41, 5.74) is 2.26. The standard InChI is InChI=1S/C20H27N3O2S/c1-4-23(14-11-17-7-5-6-12-21-17)20(26)22-13-10-16-8-9-18(24-2)19(15-16)25-3/h5-9,12,15H,4,10-11,13-14H2,1-3H3,(H,22,26). The predicted molar refractivity (Wildman–Crippen MR) is 109 cm³/mol. The van der Waals surface area contributed by atoms with Gasteiger partial charge in [0, 0.05) is 37.9 Å². The van der Waals surface area contributed by atoms with Crippen molar-refractivity contribution in [3.8, 4) is 11.5 Å². The van der Waals surface area contributed by atoms with Crippen LogP contribution in [0.15, 0.2) is 42.6 Å². The van der Waals surface area contributed by atoms with Crippen molar-refractivity contribution in [3.63, 3.8) is 0 Å². The zero-order valence-electron chi connectivity index (χ0n) is 15.7. The maximum Gasteiger partial charge on any atom is 0.168 e. The molecular formula is C20H27N3O2S. The average molecular weight is 374 g/mol. The van der Waals surface area contributed by atoms with E-state index in [1.165, 1.54) is 5.56 Å². The van der Waals surface area contributed by atoms with Crippen molar-refractivity contribution in [2.45, 2.75) is 19.8 Å². The van der Waals surface area contributed by atoms with Gasteiger partial charge in [-0.15, -0.1) is 0 Å². The Balaban J connectivity index is 1.81. The molecule has 1 N–H and O–H groups in total. The van der Waals surface area contributed by atoms with Crippen LogP contribution < -0.4 is 14.8 Å². The van der Waals surface area contributed by atoms with E-state index in [9.17, 15) is 0 Å². The molecule has 0 aliphatic carbocycles. The van der Waals surface area contributed by atoms with Gasteiger partial charge in [-0.05, 0) is 55.4 Å². The molecule has 0 bridgehead atoms. The second kappa shape index (κ2) is 10.6. The first-order valence-electron chi connectivity index (χ1n) is 8.81. The Morgan fingerprint density at radius 2 is 1.92 bits per heavy atom. The average Bonchev–Trinajstić information content (AvgIpc) is 2.69. The molecule has 0 fully saturated rings. The van der Waals surface area contributed by atoms with E-state index in [1.807, 2.05) is 42.6 Å². The molecule has 0 aliphatic rings. The summed E-state index contributed by atoms with van der Waals surface area (Å²) in [5, 5.41) is 4.13. The SMILES string of the molecule is CCN(CCc1ccccn1)C(=S)NCCc1ccc(OC)c(OC)c1. The summed E-state index contributed by atoms with van der Waals surface area (Å²) in [5.74, 6) is 1.49. The summed E-state index contributed by atoms with van der Waals surface area (Å²) in [6, 6.07) is 12.0. The van der Waals surface area contributed by atoms with Gasteiger partial charge in [-0.2, -0.15) is 0 Å². The number of ether oxygens (including phenoxy) is 2. The molecule has 0 aliphatic heterocycles. The van der Waals surface area contributed by atoms with E-state index < -0.39 is 0 Å². The number of nitrogens with one attached hydrogen (secondary N) is 1. The monoisotopic (exact) mass is 373 g/mol. The van der Waals surface area contributed by atoms with Gasteiger partial charge in [0.25, 0.3) is 0 Å². The molecule has 0 atom stereocenters. The third-order valence-electron chi connectivity index (χ3n) is 4.17. The molecule has 0 saturated heterocycles. The van der Waals surface area contributed by atoms with Gasteiger partial charge in [0.2, 0.25) is 0 Å². The molecule has 0 amide bonds. The number of rotatable bonds is 9. The topological polar surface area (TPSA) is 46.6 Å². The van der Waals surface area contributed by atoms with Gasteiger partial charge in [-0.1, -0.05) is 12.1 Å². The molecule has 0 radical (unpaired) electrons. The summed E-state index contributed by atoms with van der Waals surface area (Å²) in [6.45, 7) is 4.61. The summed E-state index contributed by atoms with van der Waals surface area (Å²) in [7, 11) is 3.29. The third kappa shape index (κ3) is 5.88. The number of likely N-dealkylation sites (N-methyl/N-ethyl adjacent to an activating group) is 1. The lowest BCUT2D eigenvalue weighted by Gasteiger charge is -2.24. The second-order valence-electron chi connectivity index (χ2n) is 5.82. The molecule has 5 nitrogen and oxygen atoms in total. The zero-order chi connectivity index (χ0) is 18.8. The highest BCUT2D eigenvalue weighted by Crippen LogP contribution is 2.27. The Bertz CT molecular complexity index is 695. The highest BCUT2D eigenvalue weighted by atomic mass is 32.1. The Hall–Kier alpha value is -2.34. The van der Waals surface area contributed by atoms with E-state index in [1.54, 1.807) is 14.2 Å². The van der Waals surface area contributed by atoms with Crippen LogP contribution in [0, 0.1) is 0 Å². The molecular weight excluding hydrogens is 346 g/mol. The highest BCUT2D eigenvalue weighted by Gasteiger charge is 2.08. The minimum Gasteiger partial charge on any atom is -0.493 e. The number of nitrogens with zero attached hydrogens (tertiary/aromatic N) is 2. The molecule has 6 heteroatoms. The van der Waals surface area contributed by atoms with E-state index in [4.69, 9.17) is 21.7 Å². The number of benzene rings is 1. The van der Waals surface area contributed by atoms with Crippen LogP contribution in [0.5, 0.6) is 11.5 Å². The summed E-state index contributed by atoms with van der Waals surface area (Å²) in [6.07, 6.45) is 3.57. The number of hydrogen-bond donors (Lipinski definition) is 1. The van der Waals surface area contributed by atoms with E-state index in [2.05, 4.69) is 22.1 Å². The Kier molecular flexibility index (Phi) is 8.15. The normalized spacial score (nSPS) is 10.3. The lowest BCUT2D eigenvalue weighted by Crippen LogP contribution is -2.41. The number of hydrogen-bond acceptors (Lipinski definition) is 4. The summed E-state index contributed by atoms with van der Waals surface area (Å²) in [4.78, 5) is 6.53. The van der Waals surface area contributed by atoms with Crippen molar-refractivity contribution in [1.82, 2.24) is 15.2 Å². The van der Waals surface area contributed by atoms with Crippen LogP contribution in [0.25, 0.3) is 0 Å². The quantitative estimate of drug-likeness (QED) is 0.682. The van der Waals surface area contributed by atoms with Crippen molar-refractivity contribution in [2.24, 2.45) is 0 Å². The molecule has 1 heterocycles. The van der Waals surface area contributed by atoms with Crippen molar-refractivity contribution in [2.75, 3.05) is 33.9 Å². The van der Waals surface area contributed by atoms with E-state index in [0.29, 0.717) is 0 Å². The number of aromatic nitrogens is 1. The number of pyridine rings is 1. The van der Waals surface area contributed by atoms with Crippen molar-refractivity contribution in [1.29, 1.82) is 0 Å². The minimum atomic E-state index is 0.742. The molecule has 1 aromatic carbocycles. The smallest absolute Gasteiger partial charge is 0.168 e. The maximum absolute atomic E-state index is 5.54. The van der Waals surface area contributed by atoms with Gasteiger partial charge in [0.1, 0.15) is 0 Å². The van der Waals surface area contributed by atoms with E-state index in [-0.39, 0.29) is 0 Å². The zero-order valence-corrected chi connectivity index (χ0v) is 16.5. The van der Waals surface area contributed by atoms with Crippen LogP contribution in [-0.2, 0) is 12.8 Å². The molecule has 26 heavy (non-hydrogen) atoms. The first-order valence-corrected chi connectivity index (χ1v) is 9.22. The molecule has 2 aromatic rings. The van der Waals surface area contributed by atoms with E-state index >= 15 is 0 Å².